The molecule has 2 N–H and O–H groups in total. The van der Waals surface area contributed by atoms with Crippen molar-refractivity contribution in [2.45, 2.75) is 70.9 Å². The van der Waals surface area contributed by atoms with Crippen molar-refractivity contribution >= 4 is 5.82 Å². The fraction of sp³-hybridized carbons (Fsp3) is 0.722. The van der Waals surface area contributed by atoms with Crippen molar-refractivity contribution in [1.29, 1.82) is 0 Å². The lowest BCUT2D eigenvalue weighted by Gasteiger charge is -2.36. The van der Waals surface area contributed by atoms with E-state index in [1.807, 2.05) is 0 Å². The average molecular weight is 287 g/mol. The molecule has 0 spiro atoms. The Morgan fingerprint density at radius 3 is 2.81 bits per heavy atom. The largest absolute Gasteiger partial charge is 0.356 e. The lowest BCUT2D eigenvalue weighted by atomic mass is 9.86. The zero-order valence-electron chi connectivity index (χ0n) is 13.6. The van der Waals surface area contributed by atoms with E-state index in [1.54, 1.807) is 0 Å². The molecule has 2 aliphatic rings. The third-order valence-electron chi connectivity index (χ3n) is 5.37. The van der Waals surface area contributed by atoms with E-state index in [9.17, 15) is 0 Å². The third kappa shape index (κ3) is 3.08. The number of hydrogen-bond acceptors (Lipinski definition) is 3. The van der Waals surface area contributed by atoms with Gasteiger partial charge in [-0.15, -0.1) is 0 Å². The topological polar surface area (TPSA) is 42.2 Å². The van der Waals surface area contributed by atoms with E-state index in [1.165, 1.54) is 61.8 Å². The van der Waals surface area contributed by atoms with Crippen LogP contribution in [0.5, 0.6) is 0 Å². The summed E-state index contributed by atoms with van der Waals surface area (Å²) in [6.45, 7) is 2.98. The van der Waals surface area contributed by atoms with Crippen LogP contribution in [-0.4, -0.2) is 18.1 Å². The molecule has 0 amide bonds. The maximum atomic E-state index is 6.01. The Hall–Kier alpha value is -1.09. The zero-order chi connectivity index (χ0) is 14.8. The predicted molar refractivity (Wildman–Crippen MR) is 88.6 cm³/mol. The van der Waals surface area contributed by atoms with Crippen molar-refractivity contribution < 1.29 is 0 Å². The molecule has 0 bridgehead atoms. The van der Waals surface area contributed by atoms with Gasteiger partial charge in [0.25, 0.3) is 0 Å². The molecule has 116 valence electrons. The van der Waals surface area contributed by atoms with Gasteiger partial charge in [-0.3, -0.25) is 0 Å². The molecular formula is C18H29N3. The molecule has 3 heteroatoms. The van der Waals surface area contributed by atoms with E-state index < -0.39 is 0 Å². The summed E-state index contributed by atoms with van der Waals surface area (Å²) in [4.78, 5) is 7.45. The molecule has 2 aliphatic carbocycles. The van der Waals surface area contributed by atoms with Crippen molar-refractivity contribution in [2.75, 3.05) is 11.9 Å². The summed E-state index contributed by atoms with van der Waals surface area (Å²) in [6, 6.07) is 2.97. The summed E-state index contributed by atoms with van der Waals surface area (Å²) in [5.74, 6) is 1.99. The average Bonchev–Trinajstić information content (AvgIpc) is 2.53. The number of aryl methyl sites for hydroxylation is 2. The van der Waals surface area contributed by atoms with Gasteiger partial charge in [-0.25, -0.2) is 4.98 Å². The number of rotatable bonds is 3. The van der Waals surface area contributed by atoms with Crippen LogP contribution in [0.25, 0.3) is 0 Å². The van der Waals surface area contributed by atoms with Crippen LogP contribution >= 0.6 is 0 Å². The molecule has 1 saturated carbocycles. The van der Waals surface area contributed by atoms with Gasteiger partial charge in [0.15, 0.2) is 0 Å². The number of pyridine rings is 1. The molecule has 1 fully saturated rings. The molecule has 0 aromatic carbocycles. The van der Waals surface area contributed by atoms with E-state index in [-0.39, 0.29) is 0 Å². The third-order valence-corrected chi connectivity index (χ3v) is 5.37. The minimum Gasteiger partial charge on any atom is -0.356 e. The second-order valence-corrected chi connectivity index (χ2v) is 7.02. The van der Waals surface area contributed by atoms with Crippen LogP contribution in [0.4, 0.5) is 5.82 Å². The molecule has 3 nitrogen and oxygen atoms in total. The van der Waals surface area contributed by atoms with E-state index >= 15 is 0 Å². The van der Waals surface area contributed by atoms with E-state index in [0.717, 1.165) is 18.2 Å². The minimum absolute atomic E-state index is 0.599. The van der Waals surface area contributed by atoms with Crippen LogP contribution < -0.4 is 10.6 Å². The van der Waals surface area contributed by atoms with Gasteiger partial charge in [0.1, 0.15) is 5.82 Å². The number of anilines is 1. The number of fused-ring (bicyclic) bond motifs is 1. The van der Waals surface area contributed by atoms with Crippen LogP contribution in [0.1, 0.15) is 62.3 Å². The van der Waals surface area contributed by atoms with Gasteiger partial charge >= 0.3 is 0 Å². The summed E-state index contributed by atoms with van der Waals surface area (Å²) in [7, 11) is 2.22. The zero-order valence-corrected chi connectivity index (χ0v) is 13.6. The molecule has 0 saturated heterocycles. The standard InChI is InChI=1S/C18H29N3/c1-13-6-5-8-16(10-13)21(2)18-15(12-19)11-14-7-3-4-9-17(14)20-18/h11,13,16H,3-10,12,19H2,1-2H3. The van der Waals surface area contributed by atoms with Gasteiger partial charge in [-0.05, 0) is 56.1 Å². The van der Waals surface area contributed by atoms with Crippen molar-refractivity contribution in [3.8, 4) is 0 Å². The second-order valence-electron chi connectivity index (χ2n) is 7.02. The van der Waals surface area contributed by atoms with Gasteiger partial charge in [-0.1, -0.05) is 19.8 Å². The van der Waals surface area contributed by atoms with Crippen molar-refractivity contribution in [3.05, 3.63) is 22.9 Å². The van der Waals surface area contributed by atoms with Gasteiger partial charge in [0.2, 0.25) is 0 Å². The smallest absolute Gasteiger partial charge is 0.133 e. The lowest BCUT2D eigenvalue weighted by molar-refractivity contribution is 0.335. The Bertz CT molecular complexity index is 497. The molecule has 2 atom stereocenters. The number of aromatic nitrogens is 1. The van der Waals surface area contributed by atoms with Crippen molar-refractivity contribution in [2.24, 2.45) is 11.7 Å². The second kappa shape index (κ2) is 6.35. The van der Waals surface area contributed by atoms with Crippen LogP contribution in [0, 0.1) is 5.92 Å². The molecule has 0 radical (unpaired) electrons. The minimum atomic E-state index is 0.599. The first-order valence-corrected chi connectivity index (χ1v) is 8.63. The first-order chi connectivity index (χ1) is 10.2. The lowest BCUT2D eigenvalue weighted by Crippen LogP contribution is -2.37. The highest BCUT2D eigenvalue weighted by Crippen LogP contribution is 2.32. The number of nitrogens with zero attached hydrogens (tertiary/aromatic N) is 2. The van der Waals surface area contributed by atoms with Gasteiger partial charge in [-0.2, -0.15) is 0 Å². The molecule has 2 unspecified atom stereocenters. The SMILES string of the molecule is CC1CCCC(N(C)c2nc3c(cc2CN)CCCC3)C1. The van der Waals surface area contributed by atoms with Crippen LogP contribution in [0.3, 0.4) is 0 Å². The normalized spacial score (nSPS) is 25.5. The Labute approximate surface area is 128 Å². The van der Waals surface area contributed by atoms with E-state index in [4.69, 9.17) is 10.7 Å². The Morgan fingerprint density at radius 1 is 1.24 bits per heavy atom. The summed E-state index contributed by atoms with van der Waals surface area (Å²) >= 11 is 0. The highest BCUT2D eigenvalue weighted by Gasteiger charge is 2.25. The van der Waals surface area contributed by atoms with Crippen molar-refractivity contribution in [1.82, 2.24) is 4.98 Å². The van der Waals surface area contributed by atoms with Gasteiger partial charge < -0.3 is 10.6 Å². The van der Waals surface area contributed by atoms with Crippen molar-refractivity contribution in [3.63, 3.8) is 0 Å². The highest BCUT2D eigenvalue weighted by atomic mass is 15.2. The van der Waals surface area contributed by atoms with Crippen LogP contribution in [0.15, 0.2) is 6.07 Å². The Morgan fingerprint density at radius 2 is 2.05 bits per heavy atom. The Balaban J connectivity index is 1.89. The number of nitrogens with two attached hydrogens (primary N) is 1. The maximum absolute atomic E-state index is 6.01. The fourth-order valence-electron chi connectivity index (χ4n) is 4.05. The van der Waals surface area contributed by atoms with Crippen LogP contribution in [-0.2, 0) is 19.4 Å². The summed E-state index contributed by atoms with van der Waals surface area (Å²) < 4.78 is 0. The first kappa shape index (κ1) is 14.8. The van der Waals surface area contributed by atoms with E-state index in [2.05, 4.69) is 24.9 Å². The molecule has 1 aromatic rings. The monoisotopic (exact) mass is 287 g/mol. The molecule has 1 heterocycles. The fourth-order valence-corrected chi connectivity index (χ4v) is 4.05. The molecule has 0 aliphatic heterocycles. The first-order valence-electron chi connectivity index (χ1n) is 8.63. The molecule has 3 rings (SSSR count). The van der Waals surface area contributed by atoms with Gasteiger partial charge in [0, 0.05) is 30.9 Å². The quantitative estimate of drug-likeness (QED) is 0.926. The molecular weight excluding hydrogens is 258 g/mol. The summed E-state index contributed by atoms with van der Waals surface area (Å²) in [6.07, 6.45) is 10.2. The molecule has 1 aromatic heterocycles. The maximum Gasteiger partial charge on any atom is 0.133 e. The highest BCUT2D eigenvalue weighted by molar-refractivity contribution is 5.51. The predicted octanol–water partition coefficient (Wildman–Crippen LogP) is 3.43. The van der Waals surface area contributed by atoms with E-state index in [0.29, 0.717) is 12.6 Å². The molecule has 21 heavy (non-hydrogen) atoms. The Kier molecular flexibility index (Phi) is 4.48. The summed E-state index contributed by atoms with van der Waals surface area (Å²) in [5, 5.41) is 0. The number of hydrogen-bond donors (Lipinski definition) is 1. The van der Waals surface area contributed by atoms with Gasteiger partial charge in [0.05, 0.1) is 0 Å². The summed E-state index contributed by atoms with van der Waals surface area (Å²) in [5.41, 5.74) is 10.0. The van der Waals surface area contributed by atoms with Crippen LogP contribution in [0.2, 0.25) is 0 Å².